The lowest BCUT2D eigenvalue weighted by Crippen LogP contribution is -2.32. The summed E-state index contributed by atoms with van der Waals surface area (Å²) in [5.74, 6) is -0.759. The number of halogens is 4. The van der Waals surface area contributed by atoms with Crippen molar-refractivity contribution in [1.82, 2.24) is 4.98 Å². The van der Waals surface area contributed by atoms with Gasteiger partial charge < -0.3 is 4.90 Å². The molecule has 0 fully saturated rings. The summed E-state index contributed by atoms with van der Waals surface area (Å²) in [6.45, 7) is 1.89. The highest BCUT2D eigenvalue weighted by Crippen LogP contribution is 2.32. The molecule has 0 saturated carbocycles. The Balaban J connectivity index is 2.44. The zero-order chi connectivity index (χ0) is 16.3. The average molecular weight is 329 g/mol. The minimum absolute atomic E-state index is 0.215. The van der Waals surface area contributed by atoms with Crippen LogP contribution in [0.25, 0.3) is 0 Å². The zero-order valence-corrected chi connectivity index (χ0v) is 12.3. The number of nitrogens with zero attached hydrogens (tertiary/aromatic N) is 2. The molecule has 0 bridgehead atoms. The Morgan fingerprint density at radius 2 is 1.86 bits per heavy atom. The smallest absolute Gasteiger partial charge is 0.309 e. The molecule has 3 nitrogen and oxygen atoms in total. The molecule has 116 valence electrons. The lowest BCUT2D eigenvalue weighted by Gasteiger charge is -2.22. The van der Waals surface area contributed by atoms with Gasteiger partial charge in [0, 0.05) is 29.6 Å². The number of rotatable bonds is 3. The summed E-state index contributed by atoms with van der Waals surface area (Å²) in [4.78, 5) is 17.4. The number of anilines is 1. The molecule has 2 aromatic rings. The molecule has 0 unspecified atom stereocenters. The number of aromatic nitrogens is 1. The third kappa shape index (κ3) is 3.39. The summed E-state index contributed by atoms with van der Waals surface area (Å²) < 4.78 is 39.0. The maximum absolute atomic E-state index is 13.0. The second kappa shape index (κ2) is 6.36. The van der Waals surface area contributed by atoms with Gasteiger partial charge in [-0.2, -0.15) is 13.2 Å². The van der Waals surface area contributed by atoms with Gasteiger partial charge in [-0.1, -0.05) is 11.6 Å². The SMILES string of the molecule is CCN(C(=O)c1cnccc1C(F)(F)F)c1ccc(Cl)cc1. The van der Waals surface area contributed by atoms with Gasteiger partial charge in [0.15, 0.2) is 0 Å². The van der Waals surface area contributed by atoms with Crippen LogP contribution in [0.4, 0.5) is 18.9 Å². The molecular weight excluding hydrogens is 317 g/mol. The van der Waals surface area contributed by atoms with Gasteiger partial charge >= 0.3 is 6.18 Å². The van der Waals surface area contributed by atoms with E-state index in [9.17, 15) is 18.0 Å². The highest BCUT2D eigenvalue weighted by molar-refractivity contribution is 6.30. The topological polar surface area (TPSA) is 33.2 Å². The van der Waals surface area contributed by atoms with Gasteiger partial charge in [-0.15, -0.1) is 0 Å². The van der Waals surface area contributed by atoms with E-state index in [4.69, 9.17) is 11.6 Å². The Kier molecular flexibility index (Phi) is 4.71. The summed E-state index contributed by atoms with van der Waals surface area (Å²) in [6, 6.07) is 7.09. The normalized spacial score (nSPS) is 11.3. The molecule has 0 aliphatic rings. The molecule has 7 heteroatoms. The molecule has 1 aromatic heterocycles. The van der Waals surface area contributed by atoms with Crippen LogP contribution >= 0.6 is 11.6 Å². The number of hydrogen-bond donors (Lipinski definition) is 0. The quantitative estimate of drug-likeness (QED) is 0.835. The number of carbonyl (C=O) groups excluding carboxylic acids is 1. The minimum Gasteiger partial charge on any atom is -0.309 e. The van der Waals surface area contributed by atoms with E-state index < -0.39 is 23.2 Å². The molecule has 0 spiro atoms. The number of amides is 1. The van der Waals surface area contributed by atoms with E-state index in [-0.39, 0.29) is 6.54 Å². The minimum atomic E-state index is -4.62. The first-order chi connectivity index (χ1) is 10.3. The van der Waals surface area contributed by atoms with Crippen molar-refractivity contribution in [2.24, 2.45) is 0 Å². The van der Waals surface area contributed by atoms with E-state index >= 15 is 0 Å². The van der Waals surface area contributed by atoms with Crippen LogP contribution in [0.2, 0.25) is 5.02 Å². The van der Waals surface area contributed by atoms with Gasteiger partial charge in [0.1, 0.15) is 0 Å². The van der Waals surface area contributed by atoms with E-state index in [1.54, 1.807) is 31.2 Å². The van der Waals surface area contributed by atoms with E-state index in [1.807, 2.05) is 0 Å². The Hall–Kier alpha value is -2.08. The molecule has 1 amide bonds. The van der Waals surface area contributed by atoms with Crippen LogP contribution in [0.1, 0.15) is 22.8 Å². The van der Waals surface area contributed by atoms with Crippen molar-refractivity contribution in [2.45, 2.75) is 13.1 Å². The van der Waals surface area contributed by atoms with Crippen molar-refractivity contribution in [1.29, 1.82) is 0 Å². The first-order valence-electron chi connectivity index (χ1n) is 6.43. The highest BCUT2D eigenvalue weighted by Gasteiger charge is 2.36. The zero-order valence-electron chi connectivity index (χ0n) is 11.6. The van der Waals surface area contributed by atoms with Crippen LogP contribution in [0.15, 0.2) is 42.7 Å². The van der Waals surface area contributed by atoms with Crippen molar-refractivity contribution in [3.05, 3.63) is 58.9 Å². The fourth-order valence-electron chi connectivity index (χ4n) is 2.02. The van der Waals surface area contributed by atoms with Crippen molar-refractivity contribution in [2.75, 3.05) is 11.4 Å². The molecule has 0 aliphatic carbocycles. The number of hydrogen-bond acceptors (Lipinski definition) is 2. The van der Waals surface area contributed by atoms with Crippen LogP contribution in [0.3, 0.4) is 0 Å². The van der Waals surface area contributed by atoms with Crippen LogP contribution in [-0.4, -0.2) is 17.4 Å². The number of carbonyl (C=O) groups is 1. The van der Waals surface area contributed by atoms with E-state index in [0.29, 0.717) is 10.7 Å². The fourth-order valence-corrected chi connectivity index (χ4v) is 2.15. The highest BCUT2D eigenvalue weighted by atomic mass is 35.5. The molecule has 0 N–H and O–H groups in total. The maximum atomic E-state index is 13.0. The number of alkyl halides is 3. The van der Waals surface area contributed by atoms with Crippen LogP contribution in [-0.2, 0) is 6.18 Å². The molecule has 1 aromatic carbocycles. The maximum Gasteiger partial charge on any atom is 0.417 e. The van der Waals surface area contributed by atoms with Gasteiger partial charge in [-0.3, -0.25) is 9.78 Å². The summed E-state index contributed by atoms with van der Waals surface area (Å²) >= 11 is 5.78. The standard InChI is InChI=1S/C15H12ClF3N2O/c1-2-21(11-5-3-10(16)4-6-11)14(22)12-9-20-8-7-13(12)15(17,18)19/h3-9H,2H2,1H3. The van der Waals surface area contributed by atoms with E-state index in [1.165, 1.54) is 4.90 Å². The first-order valence-corrected chi connectivity index (χ1v) is 6.81. The van der Waals surface area contributed by atoms with Crippen LogP contribution < -0.4 is 4.90 Å². The molecule has 2 rings (SSSR count). The second-order valence-corrected chi connectivity index (χ2v) is 4.88. The average Bonchev–Trinajstić information content (AvgIpc) is 2.49. The van der Waals surface area contributed by atoms with E-state index in [0.717, 1.165) is 18.5 Å². The molecule has 1 heterocycles. The summed E-state index contributed by atoms with van der Waals surface area (Å²) in [5, 5.41) is 0.476. The third-order valence-corrected chi connectivity index (χ3v) is 3.31. The Labute approximate surface area is 130 Å². The Morgan fingerprint density at radius 3 is 2.41 bits per heavy atom. The summed E-state index contributed by atoms with van der Waals surface area (Å²) in [7, 11) is 0. The van der Waals surface area contributed by atoms with Crippen molar-refractivity contribution in [3.63, 3.8) is 0 Å². The van der Waals surface area contributed by atoms with Crippen molar-refractivity contribution < 1.29 is 18.0 Å². The molecule has 0 aliphatic heterocycles. The van der Waals surface area contributed by atoms with Crippen LogP contribution in [0.5, 0.6) is 0 Å². The molecular formula is C15H12ClF3N2O. The van der Waals surface area contributed by atoms with Gasteiger partial charge in [0.05, 0.1) is 11.1 Å². The summed E-state index contributed by atoms with van der Waals surface area (Å²) in [5.41, 5.74) is -1.01. The second-order valence-electron chi connectivity index (χ2n) is 4.44. The fraction of sp³-hybridized carbons (Fsp3) is 0.200. The monoisotopic (exact) mass is 328 g/mol. The Morgan fingerprint density at radius 1 is 1.23 bits per heavy atom. The predicted octanol–water partition coefficient (Wildman–Crippen LogP) is 4.42. The molecule has 22 heavy (non-hydrogen) atoms. The van der Waals surface area contributed by atoms with Gasteiger partial charge in [0.2, 0.25) is 0 Å². The number of pyridine rings is 1. The largest absolute Gasteiger partial charge is 0.417 e. The molecule has 0 saturated heterocycles. The Bertz CT molecular complexity index is 671. The van der Waals surface area contributed by atoms with Gasteiger partial charge in [-0.25, -0.2) is 0 Å². The van der Waals surface area contributed by atoms with Gasteiger partial charge in [-0.05, 0) is 37.3 Å². The third-order valence-electron chi connectivity index (χ3n) is 3.06. The van der Waals surface area contributed by atoms with Gasteiger partial charge in [0.25, 0.3) is 5.91 Å². The molecule has 0 radical (unpaired) electrons. The first kappa shape index (κ1) is 16.3. The number of benzene rings is 1. The van der Waals surface area contributed by atoms with Crippen LogP contribution in [0, 0.1) is 0 Å². The van der Waals surface area contributed by atoms with E-state index in [2.05, 4.69) is 4.98 Å². The van der Waals surface area contributed by atoms with Crippen molar-refractivity contribution in [3.8, 4) is 0 Å². The lowest BCUT2D eigenvalue weighted by molar-refractivity contribution is -0.138. The summed E-state index contributed by atoms with van der Waals surface area (Å²) in [6.07, 6.45) is -2.67. The lowest BCUT2D eigenvalue weighted by atomic mass is 10.1. The molecule has 0 atom stereocenters. The van der Waals surface area contributed by atoms with Crippen molar-refractivity contribution >= 4 is 23.2 Å². The predicted molar refractivity (Wildman–Crippen MR) is 78.0 cm³/mol.